The molecule has 1 aromatic heterocycles. The molecule has 4 heteroatoms. The summed E-state index contributed by atoms with van der Waals surface area (Å²) >= 11 is 5.97. The molecule has 1 heterocycles. The Kier molecular flexibility index (Phi) is 4.18. The molecule has 0 unspecified atom stereocenters. The topological polar surface area (TPSA) is 42.1 Å². The number of hydrogen-bond donors (Lipinski definition) is 1. The van der Waals surface area contributed by atoms with Gasteiger partial charge in [0, 0.05) is 31.4 Å². The highest BCUT2D eigenvalue weighted by molar-refractivity contribution is 6.30. The van der Waals surface area contributed by atoms with E-state index < -0.39 is 0 Å². The first-order valence-electron chi connectivity index (χ1n) is 5.79. The summed E-state index contributed by atoms with van der Waals surface area (Å²) in [5.74, 6) is 0.923. The average molecular weight is 262 g/mol. The third-order valence-electron chi connectivity index (χ3n) is 2.74. The zero-order valence-electron chi connectivity index (χ0n) is 10.3. The zero-order valence-corrected chi connectivity index (χ0v) is 11.1. The van der Waals surface area contributed by atoms with Crippen molar-refractivity contribution in [2.75, 3.05) is 11.9 Å². The van der Waals surface area contributed by atoms with Crippen LogP contribution < -0.4 is 10.6 Å². The van der Waals surface area contributed by atoms with Crippen molar-refractivity contribution in [1.82, 2.24) is 4.98 Å². The Morgan fingerprint density at radius 2 is 2.06 bits per heavy atom. The van der Waals surface area contributed by atoms with Gasteiger partial charge in [-0.1, -0.05) is 29.8 Å². The standard InChI is InChI=1S/C14H16ClN3/c1-18(10-11-3-2-4-13(15)7-11)14-6-5-12(8-16)9-17-14/h2-7,9H,8,10,16H2,1H3. The Morgan fingerprint density at radius 3 is 2.67 bits per heavy atom. The molecular formula is C14H16ClN3. The van der Waals surface area contributed by atoms with Crippen molar-refractivity contribution in [3.05, 3.63) is 58.7 Å². The predicted octanol–water partition coefficient (Wildman–Crippen LogP) is 2.83. The highest BCUT2D eigenvalue weighted by Crippen LogP contribution is 2.16. The molecule has 0 atom stereocenters. The van der Waals surface area contributed by atoms with Crippen molar-refractivity contribution >= 4 is 17.4 Å². The molecule has 0 bridgehead atoms. The van der Waals surface area contributed by atoms with E-state index in [1.54, 1.807) is 0 Å². The molecular weight excluding hydrogens is 246 g/mol. The summed E-state index contributed by atoms with van der Waals surface area (Å²) in [6.07, 6.45) is 1.81. The van der Waals surface area contributed by atoms with Crippen LogP contribution in [0.25, 0.3) is 0 Å². The second-order valence-electron chi connectivity index (χ2n) is 4.21. The largest absolute Gasteiger partial charge is 0.355 e. The number of aromatic nitrogens is 1. The van der Waals surface area contributed by atoms with Gasteiger partial charge in [0.2, 0.25) is 0 Å². The van der Waals surface area contributed by atoms with Crippen LogP contribution in [-0.4, -0.2) is 12.0 Å². The molecule has 1 aromatic carbocycles. The third-order valence-corrected chi connectivity index (χ3v) is 2.98. The summed E-state index contributed by atoms with van der Waals surface area (Å²) in [5, 5.41) is 0.757. The summed E-state index contributed by atoms with van der Waals surface area (Å²) in [4.78, 5) is 6.46. The van der Waals surface area contributed by atoms with Crippen LogP contribution in [-0.2, 0) is 13.1 Å². The summed E-state index contributed by atoms with van der Waals surface area (Å²) in [6, 6.07) is 11.8. The molecule has 0 aliphatic rings. The van der Waals surface area contributed by atoms with E-state index in [1.165, 1.54) is 0 Å². The molecule has 2 rings (SSSR count). The van der Waals surface area contributed by atoms with Gasteiger partial charge in [0.05, 0.1) is 0 Å². The summed E-state index contributed by atoms with van der Waals surface area (Å²) in [5.41, 5.74) is 7.75. The van der Waals surface area contributed by atoms with Crippen molar-refractivity contribution in [3.8, 4) is 0 Å². The molecule has 18 heavy (non-hydrogen) atoms. The van der Waals surface area contributed by atoms with Gasteiger partial charge in [0.1, 0.15) is 5.82 Å². The van der Waals surface area contributed by atoms with Gasteiger partial charge in [-0.25, -0.2) is 4.98 Å². The predicted molar refractivity (Wildman–Crippen MR) is 75.7 cm³/mol. The van der Waals surface area contributed by atoms with Crippen molar-refractivity contribution in [2.45, 2.75) is 13.1 Å². The van der Waals surface area contributed by atoms with Gasteiger partial charge in [-0.3, -0.25) is 0 Å². The van der Waals surface area contributed by atoms with Crippen LogP contribution >= 0.6 is 11.6 Å². The van der Waals surface area contributed by atoms with E-state index in [1.807, 2.05) is 43.6 Å². The van der Waals surface area contributed by atoms with Crippen LogP contribution in [0.5, 0.6) is 0 Å². The van der Waals surface area contributed by atoms with Crippen molar-refractivity contribution in [2.24, 2.45) is 5.73 Å². The molecule has 0 amide bonds. The van der Waals surface area contributed by atoms with Gasteiger partial charge in [-0.05, 0) is 29.3 Å². The maximum absolute atomic E-state index is 5.97. The summed E-state index contributed by atoms with van der Waals surface area (Å²) in [6.45, 7) is 1.29. The number of hydrogen-bond acceptors (Lipinski definition) is 3. The van der Waals surface area contributed by atoms with Gasteiger partial charge in [-0.2, -0.15) is 0 Å². The quantitative estimate of drug-likeness (QED) is 0.920. The lowest BCUT2D eigenvalue weighted by atomic mass is 10.2. The molecule has 0 saturated carbocycles. The number of rotatable bonds is 4. The van der Waals surface area contributed by atoms with E-state index in [4.69, 9.17) is 17.3 Å². The van der Waals surface area contributed by atoms with Crippen LogP contribution in [0.3, 0.4) is 0 Å². The SMILES string of the molecule is CN(Cc1cccc(Cl)c1)c1ccc(CN)cn1. The van der Waals surface area contributed by atoms with Crippen molar-refractivity contribution in [1.29, 1.82) is 0 Å². The number of nitrogens with zero attached hydrogens (tertiary/aromatic N) is 2. The molecule has 2 N–H and O–H groups in total. The molecule has 0 spiro atoms. The van der Waals surface area contributed by atoms with Gasteiger partial charge < -0.3 is 10.6 Å². The van der Waals surface area contributed by atoms with E-state index in [2.05, 4.69) is 16.0 Å². The summed E-state index contributed by atoms with van der Waals surface area (Å²) in [7, 11) is 2.01. The second-order valence-corrected chi connectivity index (χ2v) is 4.65. The Morgan fingerprint density at radius 1 is 1.22 bits per heavy atom. The third kappa shape index (κ3) is 3.22. The minimum Gasteiger partial charge on any atom is -0.355 e. The van der Waals surface area contributed by atoms with E-state index in [0.717, 1.165) is 28.5 Å². The monoisotopic (exact) mass is 261 g/mol. The minimum absolute atomic E-state index is 0.519. The van der Waals surface area contributed by atoms with Gasteiger partial charge in [0.15, 0.2) is 0 Å². The molecule has 0 saturated heterocycles. The number of pyridine rings is 1. The fraction of sp³-hybridized carbons (Fsp3) is 0.214. The highest BCUT2D eigenvalue weighted by atomic mass is 35.5. The first-order chi connectivity index (χ1) is 8.69. The van der Waals surface area contributed by atoms with E-state index in [9.17, 15) is 0 Å². The van der Waals surface area contributed by atoms with Crippen molar-refractivity contribution in [3.63, 3.8) is 0 Å². The molecule has 94 valence electrons. The maximum atomic E-state index is 5.97. The van der Waals surface area contributed by atoms with Crippen LogP contribution in [0.2, 0.25) is 5.02 Å². The van der Waals surface area contributed by atoms with Crippen LogP contribution in [0.1, 0.15) is 11.1 Å². The Hall–Kier alpha value is -1.58. The van der Waals surface area contributed by atoms with Gasteiger partial charge in [0.25, 0.3) is 0 Å². The fourth-order valence-electron chi connectivity index (χ4n) is 1.75. The Balaban J connectivity index is 2.09. The lowest BCUT2D eigenvalue weighted by molar-refractivity contribution is 0.893. The maximum Gasteiger partial charge on any atom is 0.128 e. The van der Waals surface area contributed by atoms with E-state index >= 15 is 0 Å². The van der Waals surface area contributed by atoms with Crippen LogP contribution in [0.4, 0.5) is 5.82 Å². The van der Waals surface area contributed by atoms with Crippen LogP contribution in [0.15, 0.2) is 42.6 Å². The number of benzene rings is 1. The van der Waals surface area contributed by atoms with Crippen molar-refractivity contribution < 1.29 is 0 Å². The molecule has 0 fully saturated rings. The minimum atomic E-state index is 0.519. The zero-order chi connectivity index (χ0) is 13.0. The molecule has 3 nitrogen and oxygen atoms in total. The first-order valence-corrected chi connectivity index (χ1v) is 6.17. The molecule has 0 aliphatic heterocycles. The summed E-state index contributed by atoms with van der Waals surface area (Å²) < 4.78 is 0. The average Bonchev–Trinajstić information content (AvgIpc) is 2.39. The van der Waals surface area contributed by atoms with Gasteiger partial charge >= 0.3 is 0 Å². The lowest BCUT2D eigenvalue weighted by Crippen LogP contribution is -2.17. The molecule has 0 radical (unpaired) electrons. The fourth-order valence-corrected chi connectivity index (χ4v) is 1.97. The lowest BCUT2D eigenvalue weighted by Gasteiger charge is -2.18. The number of nitrogens with two attached hydrogens (primary N) is 1. The number of anilines is 1. The number of halogens is 1. The Bertz CT molecular complexity index is 511. The normalized spacial score (nSPS) is 10.4. The Labute approximate surface area is 112 Å². The smallest absolute Gasteiger partial charge is 0.128 e. The first kappa shape index (κ1) is 12.9. The van der Waals surface area contributed by atoms with Gasteiger partial charge in [-0.15, -0.1) is 0 Å². The highest BCUT2D eigenvalue weighted by Gasteiger charge is 2.03. The second kappa shape index (κ2) is 5.85. The molecule has 2 aromatic rings. The van der Waals surface area contributed by atoms with Crippen LogP contribution in [0, 0.1) is 0 Å². The van der Waals surface area contributed by atoms with E-state index in [0.29, 0.717) is 6.54 Å². The van der Waals surface area contributed by atoms with E-state index in [-0.39, 0.29) is 0 Å². The molecule has 0 aliphatic carbocycles.